The van der Waals surface area contributed by atoms with E-state index in [4.69, 9.17) is 0 Å². The van der Waals surface area contributed by atoms with E-state index in [-0.39, 0.29) is 10.8 Å². The third kappa shape index (κ3) is 7.29. The summed E-state index contributed by atoms with van der Waals surface area (Å²) in [7, 11) is 0. The molecule has 0 saturated heterocycles. The summed E-state index contributed by atoms with van der Waals surface area (Å²) < 4.78 is 0. The predicted molar refractivity (Wildman–Crippen MR) is 364 cm³/mol. The Morgan fingerprint density at radius 3 is 1.20 bits per heavy atom. The first kappa shape index (κ1) is 49.3. The summed E-state index contributed by atoms with van der Waals surface area (Å²) in [5.41, 5.74) is 35.3. The maximum absolute atomic E-state index is 2.48. The summed E-state index contributed by atoms with van der Waals surface area (Å²) >= 11 is 0. The molecule has 5 aliphatic rings. The molecule has 0 saturated carbocycles. The zero-order chi connectivity index (χ0) is 57.2. The van der Waals surface area contributed by atoms with E-state index in [0.717, 1.165) is 6.42 Å². The molecular weight excluding hydrogens is 1030 g/mol. The molecule has 18 rings (SSSR count). The van der Waals surface area contributed by atoms with E-state index >= 15 is 0 Å². The first-order valence-corrected chi connectivity index (χ1v) is 30.7. The van der Waals surface area contributed by atoms with Crippen molar-refractivity contribution in [1.29, 1.82) is 0 Å². The summed E-state index contributed by atoms with van der Waals surface area (Å²) in [5.74, 6) is 0.358. The van der Waals surface area contributed by atoms with Gasteiger partial charge < -0.3 is 0 Å². The lowest BCUT2D eigenvalue weighted by Gasteiger charge is -2.34. The molecular formula is C86H60. The second-order valence-corrected chi connectivity index (χ2v) is 25.9. The average molecular weight is 1090 g/mol. The summed E-state index contributed by atoms with van der Waals surface area (Å²) in [6.45, 7) is 9.63. The van der Waals surface area contributed by atoms with E-state index in [0.29, 0.717) is 5.92 Å². The quantitative estimate of drug-likeness (QED) is 0.140. The lowest BCUT2D eigenvalue weighted by molar-refractivity contribution is 0.660. The van der Waals surface area contributed by atoms with Crippen LogP contribution in [0.15, 0.2) is 278 Å². The molecule has 0 nitrogen and oxygen atoms in total. The van der Waals surface area contributed by atoms with Gasteiger partial charge in [-0.05, 0) is 213 Å². The number of hydrogen-bond donors (Lipinski definition) is 0. The van der Waals surface area contributed by atoms with Gasteiger partial charge in [0.25, 0.3) is 0 Å². The minimum absolute atomic E-state index is 0.154. The Hall–Kier alpha value is -10.1. The van der Waals surface area contributed by atoms with Gasteiger partial charge in [0.05, 0.1) is 0 Å². The zero-order valence-electron chi connectivity index (χ0n) is 48.8. The van der Waals surface area contributed by atoms with Gasteiger partial charge in [-0.15, -0.1) is 0 Å². The highest BCUT2D eigenvalue weighted by molar-refractivity contribution is 6.25. The molecule has 1 atom stereocenters. The standard InChI is InChI=1S/C86H60/c1-85(2)77-47-65(55-17-15-53(16-18-55)51-11-13-52(14-12-51)54-19-23-57(24-20-54)69-39-31-63-29-27-59-7-5-9-61-33-45-75(69)83(63)81(59)61)35-41-71(77)73-43-37-67(49-79(73)85)68-38-44-74-72-42-36-66(48-78(72)86(3,4)80(74)50-68)56-21-25-58(26-22-56)70-40-32-64-30-28-60-8-6-10-62-34-46-76(70)84(64)82(60)62/h5-29,31-50,82H,30H2,1-4H3. The van der Waals surface area contributed by atoms with Crippen LogP contribution in [0.3, 0.4) is 0 Å². The Morgan fingerprint density at radius 1 is 0.314 bits per heavy atom. The highest BCUT2D eigenvalue weighted by Crippen LogP contribution is 2.54. The number of allylic oxidation sites excluding steroid dienone is 7. The van der Waals surface area contributed by atoms with Crippen molar-refractivity contribution >= 4 is 38.4 Å². The van der Waals surface area contributed by atoms with E-state index in [1.54, 1.807) is 0 Å². The van der Waals surface area contributed by atoms with Crippen molar-refractivity contribution in [3.05, 3.63) is 317 Å². The minimum Gasteiger partial charge on any atom is -0.0759 e. The van der Waals surface area contributed by atoms with Gasteiger partial charge in [-0.25, -0.2) is 0 Å². The molecule has 13 aromatic carbocycles. The van der Waals surface area contributed by atoms with Crippen molar-refractivity contribution in [2.45, 2.75) is 50.9 Å². The maximum atomic E-state index is 2.48. The third-order valence-corrected chi connectivity index (χ3v) is 20.6. The molecule has 0 spiro atoms. The average Bonchev–Trinajstić information content (AvgIpc) is 1.65. The van der Waals surface area contributed by atoms with Crippen LogP contribution in [0.1, 0.15) is 72.6 Å². The predicted octanol–water partition coefficient (Wildman–Crippen LogP) is 23.0. The van der Waals surface area contributed by atoms with Gasteiger partial charge in [-0.1, -0.05) is 276 Å². The summed E-state index contributed by atoms with van der Waals surface area (Å²) in [6, 6.07) is 90.2. The molecule has 0 aliphatic heterocycles. The summed E-state index contributed by atoms with van der Waals surface area (Å²) in [5, 5.41) is 7.92. The van der Waals surface area contributed by atoms with Gasteiger partial charge in [0, 0.05) is 16.7 Å². The van der Waals surface area contributed by atoms with Crippen LogP contribution in [0.2, 0.25) is 0 Å². The summed E-state index contributed by atoms with van der Waals surface area (Å²) in [4.78, 5) is 0. The van der Waals surface area contributed by atoms with Crippen LogP contribution >= 0.6 is 0 Å². The van der Waals surface area contributed by atoms with E-state index in [9.17, 15) is 0 Å². The number of benzene rings is 13. The summed E-state index contributed by atoms with van der Waals surface area (Å²) in [6.07, 6.45) is 14.9. The second kappa shape index (κ2) is 18.2. The second-order valence-electron chi connectivity index (χ2n) is 25.9. The molecule has 0 radical (unpaired) electrons. The highest BCUT2D eigenvalue weighted by atomic mass is 14.4. The largest absolute Gasteiger partial charge is 0.0759 e. The van der Waals surface area contributed by atoms with Crippen LogP contribution in [0, 0.1) is 0 Å². The third-order valence-electron chi connectivity index (χ3n) is 20.6. The topological polar surface area (TPSA) is 0 Å². The molecule has 0 heterocycles. The van der Waals surface area contributed by atoms with E-state index in [1.165, 1.54) is 183 Å². The number of rotatable bonds is 7. The number of hydrogen-bond acceptors (Lipinski definition) is 0. The Balaban J connectivity index is 0.569. The van der Waals surface area contributed by atoms with Crippen LogP contribution in [0.25, 0.3) is 139 Å². The molecule has 0 amide bonds. The first-order valence-electron chi connectivity index (χ1n) is 30.7. The molecule has 0 aromatic heterocycles. The van der Waals surface area contributed by atoms with Crippen LogP contribution in [-0.4, -0.2) is 0 Å². The molecule has 13 aromatic rings. The molecule has 0 bridgehead atoms. The van der Waals surface area contributed by atoms with Crippen LogP contribution < -0.4 is 0 Å². The Labute approximate surface area is 503 Å². The smallest absolute Gasteiger partial charge is 0.0345 e. The lowest BCUT2D eigenvalue weighted by atomic mass is 9.70. The molecule has 0 heteroatoms. The van der Waals surface area contributed by atoms with Crippen molar-refractivity contribution in [1.82, 2.24) is 0 Å². The van der Waals surface area contributed by atoms with Gasteiger partial charge in [-0.3, -0.25) is 0 Å². The van der Waals surface area contributed by atoms with E-state index in [2.05, 4.69) is 301 Å². The normalized spacial score (nSPS) is 16.0. The van der Waals surface area contributed by atoms with Gasteiger partial charge in [0.1, 0.15) is 0 Å². The fourth-order valence-electron chi connectivity index (χ4n) is 15.9. The van der Waals surface area contributed by atoms with E-state index < -0.39 is 0 Å². The number of fused-ring (bicyclic) bond motifs is 6. The minimum atomic E-state index is -0.159. The molecule has 0 fully saturated rings. The first-order chi connectivity index (χ1) is 42.1. The van der Waals surface area contributed by atoms with Crippen molar-refractivity contribution in [2.75, 3.05) is 0 Å². The Morgan fingerprint density at radius 2 is 0.698 bits per heavy atom. The Kier molecular flexibility index (Phi) is 10.4. The highest BCUT2D eigenvalue weighted by Gasteiger charge is 2.38. The van der Waals surface area contributed by atoms with Gasteiger partial charge in [0.2, 0.25) is 0 Å². The molecule has 86 heavy (non-hydrogen) atoms. The van der Waals surface area contributed by atoms with Crippen molar-refractivity contribution in [3.63, 3.8) is 0 Å². The zero-order valence-corrected chi connectivity index (χ0v) is 48.8. The fraction of sp³-hybridized carbons (Fsp3) is 0.0930. The van der Waals surface area contributed by atoms with Crippen LogP contribution in [0.5, 0.6) is 0 Å². The molecule has 404 valence electrons. The SMILES string of the molecule is CC1(C)c2cc(-c3ccc(-c4ccc(-c5ccc(-c6ccc7ccc8cccc9ccc6c7c89)cc5)cc4)cc3)ccc2-c2ccc(-c3ccc4c(c3)C(C)(C)c3cc(-c5ccc(-c6ccc7c8c6C=CC6=CC=CC(=CC7)C68)cc5)ccc3-4)cc21. The maximum Gasteiger partial charge on any atom is 0.0345 e. The lowest BCUT2D eigenvalue weighted by Crippen LogP contribution is -2.17. The van der Waals surface area contributed by atoms with Gasteiger partial charge >= 0.3 is 0 Å². The van der Waals surface area contributed by atoms with Crippen LogP contribution in [0.4, 0.5) is 0 Å². The monoisotopic (exact) mass is 1090 g/mol. The fourth-order valence-corrected chi connectivity index (χ4v) is 15.9. The molecule has 5 aliphatic carbocycles. The van der Waals surface area contributed by atoms with Crippen molar-refractivity contribution in [3.8, 4) is 100 Å². The molecule has 0 N–H and O–H groups in total. The van der Waals surface area contributed by atoms with Crippen LogP contribution in [-0.2, 0) is 17.3 Å². The van der Waals surface area contributed by atoms with Crippen molar-refractivity contribution in [2.24, 2.45) is 0 Å². The van der Waals surface area contributed by atoms with Gasteiger partial charge in [0.15, 0.2) is 0 Å². The van der Waals surface area contributed by atoms with E-state index in [1.807, 2.05) is 0 Å². The van der Waals surface area contributed by atoms with Gasteiger partial charge in [-0.2, -0.15) is 0 Å². The molecule has 1 unspecified atom stereocenters. The van der Waals surface area contributed by atoms with Crippen molar-refractivity contribution < 1.29 is 0 Å². The Bertz CT molecular complexity index is 5170.